The number of nitrogens with zero attached hydrogens (tertiary/aromatic N) is 5. The Balaban J connectivity index is 1.59. The van der Waals surface area contributed by atoms with Crippen molar-refractivity contribution in [1.82, 2.24) is 25.6 Å². The summed E-state index contributed by atoms with van der Waals surface area (Å²) in [6.45, 7) is 20.1. The quantitative estimate of drug-likeness (QED) is 0.269. The summed E-state index contributed by atoms with van der Waals surface area (Å²) in [5, 5.41) is 8.13. The second kappa shape index (κ2) is 15.1. The Bertz CT molecular complexity index is 879. The molecule has 2 aliphatic rings. The third-order valence-electron chi connectivity index (χ3n) is 7.44. The lowest BCUT2D eigenvalue weighted by molar-refractivity contribution is 0.0320. The van der Waals surface area contributed by atoms with Gasteiger partial charge >= 0.3 is 0 Å². The van der Waals surface area contributed by atoms with Crippen LogP contribution in [0.15, 0.2) is 22.4 Å². The zero-order valence-corrected chi connectivity index (χ0v) is 23.9. The normalized spacial score (nSPS) is 21.4. The Kier molecular flexibility index (Phi) is 11.9. The molecular weight excluding hydrogens is 466 g/mol. The molecule has 0 amide bonds. The van der Waals surface area contributed by atoms with E-state index in [-0.39, 0.29) is 6.04 Å². The average Bonchev–Trinajstić information content (AvgIpc) is 3.14. The van der Waals surface area contributed by atoms with Gasteiger partial charge in [-0.15, -0.1) is 0 Å². The van der Waals surface area contributed by atoms with Crippen LogP contribution in [0.25, 0.3) is 0 Å². The minimum atomic E-state index is 0.260. The highest BCUT2D eigenvalue weighted by Crippen LogP contribution is 2.27. The van der Waals surface area contributed by atoms with Crippen molar-refractivity contribution in [3.63, 3.8) is 0 Å². The fraction of sp³-hybridized carbons (Fsp3) is 0.750. The molecule has 2 N–H and O–H groups in total. The third-order valence-corrected chi connectivity index (χ3v) is 7.44. The van der Waals surface area contributed by atoms with Crippen molar-refractivity contribution in [2.24, 2.45) is 11.0 Å². The molecule has 0 saturated carbocycles. The van der Waals surface area contributed by atoms with Crippen LogP contribution in [0.2, 0.25) is 0 Å². The van der Waals surface area contributed by atoms with E-state index in [4.69, 9.17) is 14.5 Å². The van der Waals surface area contributed by atoms with Crippen LogP contribution in [0.3, 0.4) is 0 Å². The number of hydrogen-bond acceptors (Lipinski definition) is 9. The van der Waals surface area contributed by atoms with Crippen molar-refractivity contribution >= 4 is 12.0 Å². The molecule has 1 aromatic rings. The Morgan fingerprint density at radius 1 is 1.24 bits per heavy atom. The Morgan fingerprint density at radius 3 is 2.62 bits per heavy atom. The summed E-state index contributed by atoms with van der Waals surface area (Å²) >= 11 is 0. The van der Waals surface area contributed by atoms with Gasteiger partial charge in [-0.25, -0.2) is 4.98 Å². The molecule has 1 aromatic heterocycles. The molecular formula is C28H49N7O2. The van der Waals surface area contributed by atoms with Crippen LogP contribution in [0.1, 0.15) is 73.1 Å². The molecule has 0 aromatic carbocycles. The van der Waals surface area contributed by atoms with E-state index in [0.717, 1.165) is 77.4 Å². The summed E-state index contributed by atoms with van der Waals surface area (Å²) in [7, 11) is 0. The number of anilines is 1. The molecule has 0 radical (unpaired) electrons. The van der Waals surface area contributed by atoms with E-state index < -0.39 is 0 Å². The molecule has 1 saturated heterocycles. The zero-order valence-electron chi connectivity index (χ0n) is 23.9. The Labute approximate surface area is 224 Å². The van der Waals surface area contributed by atoms with Crippen molar-refractivity contribution in [2.75, 3.05) is 57.4 Å². The van der Waals surface area contributed by atoms with Crippen molar-refractivity contribution in [1.29, 1.82) is 0 Å². The van der Waals surface area contributed by atoms with Gasteiger partial charge < -0.3 is 25.1 Å². The summed E-state index contributed by atoms with van der Waals surface area (Å²) < 4.78 is 11.5. The van der Waals surface area contributed by atoms with Gasteiger partial charge in [-0.05, 0) is 57.9 Å². The first-order valence-corrected chi connectivity index (χ1v) is 14.2. The number of rotatable bonds is 15. The maximum absolute atomic E-state index is 6.09. The van der Waals surface area contributed by atoms with Gasteiger partial charge in [-0.2, -0.15) is 10.1 Å². The molecule has 3 rings (SSSR count). The van der Waals surface area contributed by atoms with Crippen LogP contribution in [0.4, 0.5) is 5.82 Å². The highest BCUT2D eigenvalue weighted by atomic mass is 16.5. The lowest BCUT2D eigenvalue weighted by atomic mass is 9.93. The van der Waals surface area contributed by atoms with E-state index >= 15 is 0 Å². The van der Waals surface area contributed by atoms with Gasteiger partial charge in [0.25, 0.3) is 0 Å². The molecule has 2 aliphatic heterocycles. The van der Waals surface area contributed by atoms with Crippen molar-refractivity contribution in [3.8, 4) is 5.88 Å². The second-order valence-corrected chi connectivity index (χ2v) is 10.4. The highest BCUT2D eigenvalue weighted by Gasteiger charge is 2.26. The van der Waals surface area contributed by atoms with Crippen molar-refractivity contribution in [3.05, 3.63) is 23.2 Å². The average molecular weight is 516 g/mol. The van der Waals surface area contributed by atoms with Gasteiger partial charge in [0, 0.05) is 56.6 Å². The first kappa shape index (κ1) is 29.2. The molecule has 0 aliphatic carbocycles. The van der Waals surface area contributed by atoms with E-state index in [1.54, 1.807) is 6.21 Å². The predicted molar refractivity (Wildman–Crippen MR) is 151 cm³/mol. The first-order chi connectivity index (χ1) is 17.9. The van der Waals surface area contributed by atoms with Crippen LogP contribution >= 0.6 is 0 Å². The zero-order chi connectivity index (χ0) is 26.6. The van der Waals surface area contributed by atoms with Gasteiger partial charge in [-0.3, -0.25) is 4.90 Å². The number of morpholine rings is 1. The van der Waals surface area contributed by atoms with Crippen LogP contribution in [0, 0.1) is 5.92 Å². The molecule has 3 heterocycles. The van der Waals surface area contributed by atoms with Crippen LogP contribution in [-0.4, -0.2) is 85.7 Å². The molecule has 9 heteroatoms. The number of aromatic nitrogens is 2. The summed E-state index contributed by atoms with van der Waals surface area (Å²) in [5.41, 5.74) is 6.08. The van der Waals surface area contributed by atoms with E-state index in [1.165, 1.54) is 11.3 Å². The Morgan fingerprint density at radius 2 is 1.97 bits per heavy atom. The minimum absolute atomic E-state index is 0.260. The molecule has 0 bridgehead atoms. The van der Waals surface area contributed by atoms with Gasteiger partial charge in [0.1, 0.15) is 12.4 Å². The van der Waals surface area contributed by atoms with Crippen LogP contribution in [-0.2, 0) is 4.74 Å². The second-order valence-electron chi connectivity index (χ2n) is 10.4. The van der Waals surface area contributed by atoms with Gasteiger partial charge in [-0.1, -0.05) is 20.8 Å². The monoisotopic (exact) mass is 515 g/mol. The fourth-order valence-electron chi connectivity index (χ4n) is 4.91. The molecule has 3 unspecified atom stereocenters. The minimum Gasteiger partial charge on any atom is -0.476 e. The van der Waals surface area contributed by atoms with E-state index in [0.29, 0.717) is 30.3 Å². The largest absolute Gasteiger partial charge is 0.476 e. The van der Waals surface area contributed by atoms with E-state index in [1.807, 2.05) is 6.07 Å². The smallest absolute Gasteiger partial charge is 0.219 e. The molecule has 0 spiro atoms. The maximum atomic E-state index is 6.09. The number of allylic oxidation sites excluding steroid dienone is 1. The first-order valence-electron chi connectivity index (χ1n) is 14.2. The molecule has 208 valence electrons. The van der Waals surface area contributed by atoms with E-state index in [9.17, 15) is 0 Å². The standard InChI is InChI=1S/C28H49N7O2/c1-7-11-35(12-8-2)27-19-28(37-18-15-34-13-16-36-17-14-34)32-26(31-27)20-29-33-21(3)9-10-25-23(5)22(4)24(6)30-25/h19-21,23,25,30,33H,7-18H2,1-6H3/b29-20+. The summed E-state index contributed by atoms with van der Waals surface area (Å²) in [5.74, 6) is 2.65. The number of nitrogens with one attached hydrogen (secondary N) is 2. The Hall–Kier alpha value is -2.39. The molecule has 3 atom stereocenters. The van der Waals surface area contributed by atoms with Crippen molar-refractivity contribution < 1.29 is 9.47 Å². The highest BCUT2D eigenvalue weighted by molar-refractivity contribution is 5.75. The molecule has 37 heavy (non-hydrogen) atoms. The summed E-state index contributed by atoms with van der Waals surface area (Å²) in [6, 6.07) is 2.73. The third kappa shape index (κ3) is 9.14. The van der Waals surface area contributed by atoms with Crippen molar-refractivity contribution in [2.45, 2.75) is 79.3 Å². The number of hydrogen-bond donors (Lipinski definition) is 2. The lowest BCUT2D eigenvalue weighted by Gasteiger charge is -2.26. The molecule has 1 fully saturated rings. The lowest BCUT2D eigenvalue weighted by Crippen LogP contribution is -2.38. The SMILES string of the molecule is CCCN(CCC)c1cc(OCCN2CCOCC2)nc(/C=N/NC(C)CCC2NC(C)=C(C)C2C)n1. The topological polar surface area (TPSA) is 87.1 Å². The number of ether oxygens (including phenoxy) is 2. The van der Waals surface area contributed by atoms with Gasteiger partial charge in [0.2, 0.25) is 5.88 Å². The molecule has 9 nitrogen and oxygen atoms in total. The summed E-state index contributed by atoms with van der Waals surface area (Å²) in [6.07, 6.45) is 5.98. The summed E-state index contributed by atoms with van der Waals surface area (Å²) in [4.78, 5) is 14.1. The number of hydrazone groups is 1. The van der Waals surface area contributed by atoms with Crippen LogP contribution < -0.4 is 20.4 Å². The van der Waals surface area contributed by atoms with Gasteiger partial charge in [0.05, 0.1) is 19.4 Å². The van der Waals surface area contributed by atoms with E-state index in [2.05, 4.69) is 72.2 Å². The van der Waals surface area contributed by atoms with Gasteiger partial charge in [0.15, 0.2) is 5.82 Å². The maximum Gasteiger partial charge on any atom is 0.219 e. The predicted octanol–water partition coefficient (Wildman–Crippen LogP) is 3.81. The fourth-order valence-corrected chi connectivity index (χ4v) is 4.91. The van der Waals surface area contributed by atoms with Crippen LogP contribution in [0.5, 0.6) is 5.88 Å².